The molecule has 1 N–H and O–H groups in total. The fourth-order valence-corrected chi connectivity index (χ4v) is 2.51. The summed E-state index contributed by atoms with van der Waals surface area (Å²) < 4.78 is 7.07. The van der Waals surface area contributed by atoms with Crippen LogP contribution in [0.2, 0.25) is 15.2 Å². The highest BCUT2D eigenvalue weighted by atomic mass is 35.5. The van der Waals surface area contributed by atoms with Crippen LogP contribution in [0.5, 0.6) is 5.88 Å². The Hall–Kier alpha value is -1.50. The van der Waals surface area contributed by atoms with E-state index in [9.17, 15) is 4.79 Å². The van der Waals surface area contributed by atoms with Gasteiger partial charge in [0.25, 0.3) is 5.91 Å². The molecule has 2 heterocycles. The lowest BCUT2D eigenvalue weighted by Crippen LogP contribution is -2.22. The highest BCUT2D eigenvalue weighted by molar-refractivity contribution is 6.42. The van der Waals surface area contributed by atoms with E-state index in [1.807, 2.05) is 6.92 Å². The van der Waals surface area contributed by atoms with Gasteiger partial charge in [0, 0.05) is 12.6 Å². The minimum atomic E-state index is -0.350. The molecule has 0 spiro atoms. The molecule has 0 unspecified atom stereocenters. The minimum absolute atomic E-state index is 0.0527. The number of carbonyl (C=O) groups is 1. The molecule has 0 aliphatic heterocycles. The quantitative estimate of drug-likeness (QED) is 0.712. The van der Waals surface area contributed by atoms with Crippen molar-refractivity contribution in [1.82, 2.24) is 14.8 Å². The number of carbonyl (C=O) groups excluding carboxylic acids is 1. The van der Waals surface area contributed by atoms with Crippen molar-refractivity contribution >= 4 is 46.5 Å². The number of ether oxygens (including phenoxy) is 1. The van der Waals surface area contributed by atoms with Crippen LogP contribution in [0.25, 0.3) is 0 Å². The van der Waals surface area contributed by atoms with Crippen LogP contribution in [0.3, 0.4) is 0 Å². The van der Waals surface area contributed by atoms with Crippen molar-refractivity contribution in [3.8, 4) is 5.88 Å². The third-order valence-electron chi connectivity index (χ3n) is 3.09. The van der Waals surface area contributed by atoms with Gasteiger partial charge in [-0.05, 0) is 19.4 Å². The molecule has 2 aromatic heterocycles. The number of hydrogen-bond donors (Lipinski definition) is 1. The number of halogens is 3. The Kier molecular flexibility index (Phi) is 6.71. The Labute approximate surface area is 155 Å². The van der Waals surface area contributed by atoms with Gasteiger partial charge in [-0.25, -0.2) is 4.68 Å². The van der Waals surface area contributed by atoms with Crippen molar-refractivity contribution in [2.45, 2.75) is 33.2 Å². The van der Waals surface area contributed by atoms with Gasteiger partial charge < -0.3 is 10.1 Å². The molecule has 9 heteroatoms. The van der Waals surface area contributed by atoms with Crippen molar-refractivity contribution < 1.29 is 9.53 Å². The largest absolute Gasteiger partial charge is 0.466 e. The van der Waals surface area contributed by atoms with Gasteiger partial charge in [-0.2, -0.15) is 10.1 Å². The molecular formula is C15H17Cl3N4O2. The Bertz CT molecular complexity index is 734. The summed E-state index contributed by atoms with van der Waals surface area (Å²) in [4.78, 5) is 16.0. The van der Waals surface area contributed by atoms with Crippen molar-refractivity contribution in [2.24, 2.45) is 0 Å². The topological polar surface area (TPSA) is 69.0 Å². The first kappa shape index (κ1) is 18.8. The molecule has 0 radical (unpaired) electrons. The molecule has 2 rings (SSSR count). The molecule has 0 atom stereocenters. The first-order valence-electron chi connectivity index (χ1n) is 7.39. The van der Waals surface area contributed by atoms with Crippen LogP contribution < -0.4 is 10.1 Å². The number of amides is 1. The summed E-state index contributed by atoms with van der Waals surface area (Å²) in [5, 5.41) is 7.57. The van der Waals surface area contributed by atoms with Gasteiger partial charge >= 0.3 is 0 Å². The van der Waals surface area contributed by atoms with Gasteiger partial charge in [-0.3, -0.25) is 4.79 Å². The number of nitrogens with one attached hydrogen (secondary N) is 1. The van der Waals surface area contributed by atoms with E-state index in [0.717, 1.165) is 25.1 Å². The Morgan fingerprint density at radius 3 is 2.75 bits per heavy atom. The van der Waals surface area contributed by atoms with E-state index in [2.05, 4.69) is 22.3 Å². The summed E-state index contributed by atoms with van der Waals surface area (Å²) in [5.74, 6) is 0.330. The van der Waals surface area contributed by atoms with E-state index in [0.29, 0.717) is 5.82 Å². The molecule has 130 valence electrons. The van der Waals surface area contributed by atoms with Crippen molar-refractivity contribution in [3.63, 3.8) is 0 Å². The lowest BCUT2D eigenvalue weighted by atomic mass is 10.3. The first-order valence-corrected chi connectivity index (χ1v) is 8.52. The second-order valence-corrected chi connectivity index (χ2v) is 6.30. The Balaban J connectivity index is 1.98. The number of unbranched alkanes of at least 4 members (excludes halogenated alkanes) is 1. The van der Waals surface area contributed by atoms with Crippen molar-refractivity contribution in [2.75, 3.05) is 11.9 Å². The molecule has 24 heavy (non-hydrogen) atoms. The predicted molar refractivity (Wildman–Crippen MR) is 95.3 cm³/mol. The van der Waals surface area contributed by atoms with Crippen molar-refractivity contribution in [1.29, 1.82) is 0 Å². The highest BCUT2D eigenvalue weighted by Crippen LogP contribution is 2.30. The van der Waals surface area contributed by atoms with Gasteiger partial charge in [0.2, 0.25) is 5.88 Å². The van der Waals surface area contributed by atoms with Gasteiger partial charge in [0.15, 0.2) is 11.8 Å². The monoisotopic (exact) mass is 390 g/mol. The summed E-state index contributed by atoms with van der Waals surface area (Å²) >= 11 is 17.6. The number of aromatic nitrogens is 3. The van der Waals surface area contributed by atoms with Crippen LogP contribution in [0.15, 0.2) is 12.1 Å². The zero-order chi connectivity index (χ0) is 17.7. The summed E-state index contributed by atoms with van der Waals surface area (Å²) in [6.07, 6.45) is 2.01. The predicted octanol–water partition coefficient (Wildman–Crippen LogP) is 4.36. The minimum Gasteiger partial charge on any atom is -0.466 e. The SMILES string of the molecule is CCCCn1nc(C)cc1NC(=O)COc1nc(Cl)c(Cl)cc1Cl. The standard InChI is InChI=1S/C15H17Cl3N4O2/c1-3-4-5-22-12(6-9(2)21-22)19-13(23)8-24-15-11(17)7-10(16)14(18)20-15/h6-7H,3-5,8H2,1-2H3,(H,19,23). The molecule has 1 amide bonds. The summed E-state index contributed by atoms with van der Waals surface area (Å²) in [6, 6.07) is 3.22. The third kappa shape index (κ3) is 5.00. The zero-order valence-corrected chi connectivity index (χ0v) is 15.5. The Morgan fingerprint density at radius 1 is 1.29 bits per heavy atom. The van der Waals surface area contributed by atoms with Crippen LogP contribution in [0.1, 0.15) is 25.5 Å². The lowest BCUT2D eigenvalue weighted by Gasteiger charge is -2.10. The number of hydrogen-bond acceptors (Lipinski definition) is 4. The molecule has 0 saturated carbocycles. The van der Waals surface area contributed by atoms with E-state index < -0.39 is 0 Å². The molecule has 6 nitrogen and oxygen atoms in total. The third-order valence-corrected chi connectivity index (χ3v) is 4.03. The van der Waals surface area contributed by atoms with Crippen LogP contribution in [-0.2, 0) is 11.3 Å². The average molecular weight is 392 g/mol. The molecule has 0 aliphatic carbocycles. The first-order chi connectivity index (χ1) is 11.4. The van der Waals surface area contributed by atoms with E-state index >= 15 is 0 Å². The Morgan fingerprint density at radius 2 is 2.04 bits per heavy atom. The van der Waals surface area contributed by atoms with Crippen LogP contribution >= 0.6 is 34.8 Å². The molecule has 0 aromatic carbocycles. The second kappa shape index (κ2) is 8.55. The van der Waals surface area contributed by atoms with Gasteiger partial charge in [0.05, 0.1) is 10.7 Å². The molecular weight excluding hydrogens is 375 g/mol. The zero-order valence-electron chi connectivity index (χ0n) is 13.3. The van der Waals surface area contributed by atoms with Gasteiger partial charge in [-0.1, -0.05) is 48.1 Å². The van der Waals surface area contributed by atoms with Crippen molar-refractivity contribution in [3.05, 3.63) is 33.0 Å². The fourth-order valence-electron chi connectivity index (χ4n) is 1.97. The van der Waals surface area contributed by atoms with Crippen LogP contribution in [-0.4, -0.2) is 27.3 Å². The van der Waals surface area contributed by atoms with Gasteiger partial charge in [0.1, 0.15) is 10.8 Å². The fraction of sp³-hybridized carbons (Fsp3) is 0.400. The van der Waals surface area contributed by atoms with Gasteiger partial charge in [-0.15, -0.1) is 0 Å². The second-order valence-electron chi connectivity index (χ2n) is 5.13. The lowest BCUT2D eigenvalue weighted by molar-refractivity contribution is -0.118. The molecule has 2 aromatic rings. The number of aryl methyl sites for hydroxylation is 2. The molecule has 0 fully saturated rings. The number of nitrogens with zero attached hydrogens (tertiary/aromatic N) is 3. The maximum absolute atomic E-state index is 12.1. The van der Waals surface area contributed by atoms with E-state index in [1.165, 1.54) is 6.07 Å². The van der Waals surface area contributed by atoms with E-state index in [-0.39, 0.29) is 33.6 Å². The molecule has 0 saturated heterocycles. The summed E-state index contributed by atoms with van der Waals surface area (Å²) in [6.45, 7) is 4.44. The highest BCUT2D eigenvalue weighted by Gasteiger charge is 2.13. The van der Waals surface area contributed by atoms with E-state index in [4.69, 9.17) is 39.5 Å². The van der Waals surface area contributed by atoms with Crippen LogP contribution in [0, 0.1) is 6.92 Å². The molecule has 0 aliphatic rings. The normalized spacial score (nSPS) is 10.7. The van der Waals surface area contributed by atoms with Crippen LogP contribution in [0.4, 0.5) is 5.82 Å². The van der Waals surface area contributed by atoms with E-state index in [1.54, 1.807) is 10.7 Å². The maximum atomic E-state index is 12.1. The average Bonchev–Trinajstić information content (AvgIpc) is 2.87. The summed E-state index contributed by atoms with van der Waals surface area (Å²) in [5.41, 5.74) is 0.830. The number of anilines is 1. The maximum Gasteiger partial charge on any atom is 0.263 e. The summed E-state index contributed by atoms with van der Waals surface area (Å²) in [7, 11) is 0. The number of pyridine rings is 1. The molecule has 0 bridgehead atoms. The number of rotatable bonds is 7. The smallest absolute Gasteiger partial charge is 0.263 e.